The maximum absolute atomic E-state index is 14.1. The van der Waals surface area contributed by atoms with Crippen LogP contribution in [-0.2, 0) is 16.1 Å². The van der Waals surface area contributed by atoms with Crippen LogP contribution < -0.4 is 5.32 Å². The lowest BCUT2D eigenvalue weighted by atomic mass is 9.98. The van der Waals surface area contributed by atoms with E-state index in [1.54, 1.807) is 4.90 Å². The molecule has 0 aromatic heterocycles. The molecule has 2 aromatic carbocycles. The highest BCUT2D eigenvalue weighted by Gasteiger charge is 2.58. The average molecular weight is 547 g/mol. The van der Waals surface area contributed by atoms with Crippen LogP contribution in [0.3, 0.4) is 0 Å². The maximum atomic E-state index is 14.1. The first-order valence-corrected chi connectivity index (χ1v) is 14.2. The molecule has 1 aliphatic carbocycles. The third-order valence-electron chi connectivity index (χ3n) is 7.19. The van der Waals surface area contributed by atoms with Crippen molar-refractivity contribution in [3.63, 3.8) is 0 Å². The fourth-order valence-electron chi connectivity index (χ4n) is 5.05. The maximum Gasteiger partial charge on any atom is 0.407 e. The van der Waals surface area contributed by atoms with E-state index in [-0.39, 0.29) is 17.7 Å². The second kappa shape index (κ2) is 11.8. The zero-order chi connectivity index (χ0) is 29.1. The molecule has 1 fully saturated rings. The summed E-state index contributed by atoms with van der Waals surface area (Å²) in [5, 5.41) is 2.80. The van der Waals surface area contributed by atoms with Crippen LogP contribution >= 0.6 is 0 Å². The van der Waals surface area contributed by atoms with Crippen LogP contribution in [0.5, 0.6) is 0 Å². The number of ether oxygens (including phenoxy) is 1. The Morgan fingerprint density at radius 1 is 1.07 bits per heavy atom. The Kier molecular flexibility index (Phi) is 8.66. The number of nitrogens with zero attached hydrogens (tertiary/aromatic N) is 3. The second-order valence-corrected chi connectivity index (χ2v) is 12.2. The molecule has 0 radical (unpaired) electrons. The van der Waals surface area contributed by atoms with Crippen molar-refractivity contribution in [2.45, 2.75) is 84.5 Å². The van der Waals surface area contributed by atoms with Crippen LogP contribution in [-0.4, -0.2) is 63.8 Å². The van der Waals surface area contributed by atoms with Gasteiger partial charge in [0.1, 0.15) is 17.0 Å². The van der Waals surface area contributed by atoms with E-state index in [4.69, 9.17) is 9.73 Å². The van der Waals surface area contributed by atoms with Crippen LogP contribution in [0.15, 0.2) is 59.6 Å². The van der Waals surface area contributed by atoms with E-state index < -0.39 is 23.3 Å². The number of hydrogen-bond acceptors (Lipinski definition) is 5. The summed E-state index contributed by atoms with van der Waals surface area (Å²) < 4.78 is 5.36. The Balaban J connectivity index is 1.62. The number of aryl methyl sites for hydroxylation is 1. The average Bonchev–Trinajstić information content (AvgIpc) is 3.63. The number of alkyl carbamates (subject to hydrolysis) is 1. The summed E-state index contributed by atoms with van der Waals surface area (Å²) in [6, 6.07) is 17.0. The van der Waals surface area contributed by atoms with E-state index in [9.17, 15) is 14.4 Å². The van der Waals surface area contributed by atoms with Crippen molar-refractivity contribution in [2.24, 2.45) is 10.9 Å². The highest BCUT2D eigenvalue weighted by Crippen LogP contribution is 2.46. The lowest BCUT2D eigenvalue weighted by molar-refractivity contribution is -0.128. The highest BCUT2D eigenvalue weighted by atomic mass is 16.6. The first-order valence-electron chi connectivity index (χ1n) is 14.2. The number of carbonyl (C=O) groups excluding carboxylic acids is 3. The van der Waals surface area contributed by atoms with E-state index in [0.29, 0.717) is 37.5 Å². The fraction of sp³-hybridized carbons (Fsp3) is 0.500. The zero-order valence-electron chi connectivity index (χ0n) is 24.6. The van der Waals surface area contributed by atoms with Crippen LogP contribution in [0.25, 0.3) is 0 Å². The largest absolute Gasteiger partial charge is 0.444 e. The molecule has 2 aliphatic rings. The molecule has 1 heterocycles. The van der Waals surface area contributed by atoms with Crippen LogP contribution in [0.4, 0.5) is 4.79 Å². The van der Waals surface area contributed by atoms with Gasteiger partial charge in [-0.05, 0) is 70.6 Å². The van der Waals surface area contributed by atoms with Crippen molar-refractivity contribution in [2.75, 3.05) is 13.1 Å². The molecule has 8 nitrogen and oxygen atoms in total. The smallest absolute Gasteiger partial charge is 0.407 e. The molecule has 1 spiro atoms. The SMILES string of the molecule is Cc1ccc(C(=O)N(CCCNC(=O)OC(C)(C)C)C(C2=NC3(CC3)C(=O)N2Cc2ccccc2)C(C)C)cc1. The first-order chi connectivity index (χ1) is 18.9. The molecule has 40 heavy (non-hydrogen) atoms. The van der Waals surface area contributed by atoms with E-state index in [0.717, 1.165) is 24.0 Å². The predicted octanol–water partition coefficient (Wildman–Crippen LogP) is 5.35. The minimum absolute atomic E-state index is 0.00747. The van der Waals surface area contributed by atoms with Crippen LogP contribution in [0.2, 0.25) is 0 Å². The van der Waals surface area contributed by atoms with Crippen molar-refractivity contribution in [3.05, 3.63) is 71.3 Å². The molecule has 0 saturated heterocycles. The Morgan fingerprint density at radius 2 is 1.73 bits per heavy atom. The van der Waals surface area contributed by atoms with Gasteiger partial charge < -0.3 is 15.0 Å². The molecular weight excluding hydrogens is 504 g/mol. The van der Waals surface area contributed by atoms with Gasteiger partial charge in [-0.25, -0.2) is 4.79 Å². The summed E-state index contributed by atoms with van der Waals surface area (Å²) in [6.45, 7) is 12.7. The molecule has 1 aliphatic heterocycles. The normalized spacial score (nSPS) is 16.6. The molecule has 1 atom stereocenters. The number of amides is 3. The Bertz CT molecular complexity index is 1240. The molecule has 0 bridgehead atoms. The molecule has 8 heteroatoms. The molecule has 1 saturated carbocycles. The van der Waals surface area contributed by atoms with E-state index in [1.165, 1.54) is 0 Å². The van der Waals surface area contributed by atoms with Crippen molar-refractivity contribution in [1.82, 2.24) is 15.1 Å². The number of aliphatic imine (C=N–C) groups is 1. The topological polar surface area (TPSA) is 91.3 Å². The lowest BCUT2D eigenvalue weighted by Crippen LogP contribution is -2.53. The summed E-state index contributed by atoms with van der Waals surface area (Å²) in [5.41, 5.74) is 1.39. The van der Waals surface area contributed by atoms with Gasteiger partial charge in [-0.1, -0.05) is 61.9 Å². The summed E-state index contributed by atoms with van der Waals surface area (Å²) in [5.74, 6) is 0.544. The van der Waals surface area contributed by atoms with Crippen LogP contribution in [0.1, 0.15) is 75.4 Å². The molecule has 3 amide bonds. The number of amidine groups is 1. The van der Waals surface area contributed by atoms with Crippen molar-refractivity contribution in [1.29, 1.82) is 0 Å². The Labute approximate surface area is 237 Å². The van der Waals surface area contributed by atoms with Gasteiger partial charge in [0.25, 0.3) is 11.8 Å². The predicted molar refractivity (Wildman–Crippen MR) is 156 cm³/mol. The molecule has 2 aromatic rings. The van der Waals surface area contributed by atoms with Crippen molar-refractivity contribution >= 4 is 23.7 Å². The van der Waals surface area contributed by atoms with Crippen molar-refractivity contribution in [3.8, 4) is 0 Å². The van der Waals surface area contributed by atoms with Gasteiger partial charge in [0.2, 0.25) is 0 Å². The van der Waals surface area contributed by atoms with Gasteiger partial charge in [-0.3, -0.25) is 19.5 Å². The van der Waals surface area contributed by atoms with Crippen molar-refractivity contribution < 1.29 is 19.1 Å². The molecular formula is C32H42N4O4. The minimum Gasteiger partial charge on any atom is -0.444 e. The number of hydrogen-bond donors (Lipinski definition) is 1. The number of nitrogens with one attached hydrogen (secondary N) is 1. The molecule has 1 unspecified atom stereocenters. The molecule has 1 N–H and O–H groups in total. The second-order valence-electron chi connectivity index (χ2n) is 12.2. The number of carbonyl (C=O) groups is 3. The van der Waals surface area contributed by atoms with Gasteiger partial charge in [0.05, 0.1) is 12.6 Å². The quantitative estimate of drug-likeness (QED) is 0.407. The molecule has 4 rings (SSSR count). The minimum atomic E-state index is -0.686. The highest BCUT2D eigenvalue weighted by molar-refractivity contribution is 6.12. The summed E-state index contributed by atoms with van der Waals surface area (Å²) >= 11 is 0. The van der Waals surface area contributed by atoms with Gasteiger partial charge in [0, 0.05) is 18.7 Å². The molecule has 214 valence electrons. The van der Waals surface area contributed by atoms with Gasteiger partial charge in [0.15, 0.2) is 0 Å². The lowest BCUT2D eigenvalue weighted by Gasteiger charge is -2.37. The van der Waals surface area contributed by atoms with E-state index in [1.807, 2.05) is 87.2 Å². The van der Waals surface area contributed by atoms with E-state index >= 15 is 0 Å². The number of benzene rings is 2. The zero-order valence-corrected chi connectivity index (χ0v) is 24.6. The third-order valence-corrected chi connectivity index (χ3v) is 7.19. The summed E-state index contributed by atoms with van der Waals surface area (Å²) in [4.78, 5) is 48.5. The summed E-state index contributed by atoms with van der Waals surface area (Å²) in [6.07, 6.45) is 1.50. The van der Waals surface area contributed by atoms with Gasteiger partial charge in [-0.15, -0.1) is 0 Å². The van der Waals surface area contributed by atoms with Crippen LogP contribution in [0, 0.1) is 12.8 Å². The fourth-order valence-corrected chi connectivity index (χ4v) is 5.05. The monoisotopic (exact) mass is 546 g/mol. The summed E-state index contributed by atoms with van der Waals surface area (Å²) in [7, 11) is 0. The Morgan fingerprint density at radius 3 is 2.30 bits per heavy atom. The standard InChI is InChI=1S/C32H42N4O4/c1-22(2)26(27-34-32(17-18-32)29(38)36(27)21-24-11-8-7-9-12-24)35(28(37)25-15-13-23(3)14-16-25)20-10-19-33-30(39)40-31(4,5)6/h7-9,11-16,22,26H,10,17-21H2,1-6H3,(H,33,39). The number of rotatable bonds is 10. The van der Waals surface area contributed by atoms with Gasteiger partial charge >= 0.3 is 6.09 Å². The van der Waals surface area contributed by atoms with E-state index in [2.05, 4.69) is 19.2 Å². The Hall–Kier alpha value is -3.68. The first kappa shape index (κ1) is 29.3. The van der Waals surface area contributed by atoms with Gasteiger partial charge in [-0.2, -0.15) is 0 Å². The third kappa shape index (κ3) is 6.90.